The van der Waals surface area contributed by atoms with E-state index in [0.717, 1.165) is 5.75 Å². The molecule has 0 fully saturated rings. The van der Waals surface area contributed by atoms with Crippen LogP contribution >= 0.6 is 0 Å². The van der Waals surface area contributed by atoms with Crippen molar-refractivity contribution in [2.24, 2.45) is 0 Å². The van der Waals surface area contributed by atoms with Gasteiger partial charge >= 0.3 is 0 Å². The number of allylic oxidation sites excluding steroid dienone is 1. The highest BCUT2D eigenvalue weighted by Crippen LogP contribution is 2.11. The van der Waals surface area contributed by atoms with Gasteiger partial charge in [0.2, 0.25) is 0 Å². The molecule has 4 nitrogen and oxygen atoms in total. The normalized spacial score (nSPS) is 11.9. The molecule has 0 radical (unpaired) electrons. The number of aliphatic hydroxyl groups excluding tert-OH is 1. The van der Waals surface area contributed by atoms with Gasteiger partial charge in [0.15, 0.2) is 6.79 Å². The maximum absolute atomic E-state index is 9.60. The minimum absolute atomic E-state index is 0.0942. The minimum atomic E-state index is -0.681. The lowest BCUT2D eigenvalue weighted by atomic mass is 10.2. The smallest absolute Gasteiger partial charge is 0.188 e. The van der Waals surface area contributed by atoms with Crippen LogP contribution in [0.4, 0.5) is 0 Å². The summed E-state index contributed by atoms with van der Waals surface area (Å²) in [6, 6.07) is 7.65. The minimum Gasteiger partial charge on any atom is -0.491 e. The van der Waals surface area contributed by atoms with Crippen LogP contribution in [-0.4, -0.2) is 31.2 Å². The van der Waals surface area contributed by atoms with Gasteiger partial charge in [0, 0.05) is 0 Å². The highest BCUT2D eigenvalue weighted by Gasteiger charge is 2.05. The molecule has 1 atom stereocenters. The SMILES string of the molecule is C=C(C)OCOCC(O)COc1ccc(C)cc1. The van der Waals surface area contributed by atoms with Gasteiger partial charge in [-0.05, 0) is 26.0 Å². The molecule has 0 saturated heterocycles. The summed E-state index contributed by atoms with van der Waals surface area (Å²) in [7, 11) is 0. The molecular weight excluding hydrogens is 232 g/mol. The monoisotopic (exact) mass is 252 g/mol. The predicted octanol–water partition coefficient (Wildman–Crippen LogP) is 2.26. The van der Waals surface area contributed by atoms with E-state index in [0.29, 0.717) is 5.76 Å². The van der Waals surface area contributed by atoms with Gasteiger partial charge in [0.1, 0.15) is 18.5 Å². The van der Waals surface area contributed by atoms with Gasteiger partial charge in [-0.15, -0.1) is 0 Å². The van der Waals surface area contributed by atoms with Gasteiger partial charge in [0.25, 0.3) is 0 Å². The second kappa shape index (κ2) is 7.74. The van der Waals surface area contributed by atoms with Crippen LogP contribution in [0.5, 0.6) is 5.75 Å². The van der Waals surface area contributed by atoms with Gasteiger partial charge in [-0.3, -0.25) is 0 Å². The summed E-state index contributed by atoms with van der Waals surface area (Å²) < 4.78 is 15.5. The fourth-order valence-electron chi connectivity index (χ4n) is 1.20. The second-order valence-corrected chi connectivity index (χ2v) is 4.11. The molecule has 0 amide bonds. The zero-order valence-electron chi connectivity index (χ0n) is 10.9. The molecule has 0 saturated carbocycles. The number of hydrogen-bond donors (Lipinski definition) is 1. The van der Waals surface area contributed by atoms with Crippen LogP contribution in [0.3, 0.4) is 0 Å². The molecule has 0 spiro atoms. The number of ether oxygens (including phenoxy) is 3. The highest BCUT2D eigenvalue weighted by molar-refractivity contribution is 5.26. The third kappa shape index (κ3) is 6.27. The van der Waals surface area contributed by atoms with Crippen molar-refractivity contribution >= 4 is 0 Å². The maximum Gasteiger partial charge on any atom is 0.188 e. The molecule has 4 heteroatoms. The van der Waals surface area contributed by atoms with E-state index >= 15 is 0 Å². The van der Waals surface area contributed by atoms with Crippen LogP contribution in [0.25, 0.3) is 0 Å². The molecule has 1 aromatic carbocycles. The van der Waals surface area contributed by atoms with Crippen molar-refractivity contribution in [2.75, 3.05) is 20.0 Å². The third-order valence-electron chi connectivity index (χ3n) is 2.16. The third-order valence-corrected chi connectivity index (χ3v) is 2.16. The molecule has 1 N–H and O–H groups in total. The van der Waals surface area contributed by atoms with Crippen molar-refractivity contribution < 1.29 is 19.3 Å². The van der Waals surface area contributed by atoms with Crippen molar-refractivity contribution in [2.45, 2.75) is 20.0 Å². The van der Waals surface area contributed by atoms with Crippen LogP contribution in [0.2, 0.25) is 0 Å². The molecule has 18 heavy (non-hydrogen) atoms. The first-order valence-corrected chi connectivity index (χ1v) is 5.81. The Morgan fingerprint density at radius 2 is 1.94 bits per heavy atom. The molecular formula is C14H20O4. The molecule has 0 aliphatic carbocycles. The summed E-state index contributed by atoms with van der Waals surface area (Å²) in [5.41, 5.74) is 1.17. The number of rotatable bonds is 8. The predicted molar refractivity (Wildman–Crippen MR) is 69.4 cm³/mol. The first kappa shape index (κ1) is 14.5. The first-order valence-electron chi connectivity index (χ1n) is 5.81. The van der Waals surface area contributed by atoms with E-state index < -0.39 is 6.10 Å². The van der Waals surface area contributed by atoms with Gasteiger partial charge in [-0.2, -0.15) is 0 Å². The Kier molecular flexibility index (Phi) is 6.25. The Morgan fingerprint density at radius 3 is 2.56 bits per heavy atom. The molecule has 0 bridgehead atoms. The largest absolute Gasteiger partial charge is 0.491 e. The Hall–Kier alpha value is -1.52. The standard InChI is InChI=1S/C14H20O4/c1-11(2)18-10-16-8-13(15)9-17-14-6-4-12(3)5-7-14/h4-7,13,15H,1,8-10H2,2-3H3. The van der Waals surface area contributed by atoms with E-state index in [4.69, 9.17) is 14.2 Å². The summed E-state index contributed by atoms with van der Waals surface area (Å²) in [4.78, 5) is 0. The summed E-state index contributed by atoms with van der Waals surface area (Å²) in [6.07, 6.45) is -0.681. The fourth-order valence-corrected chi connectivity index (χ4v) is 1.20. The molecule has 0 heterocycles. The topological polar surface area (TPSA) is 47.9 Å². The van der Waals surface area contributed by atoms with E-state index in [1.54, 1.807) is 6.92 Å². The molecule has 1 rings (SSSR count). The van der Waals surface area contributed by atoms with Crippen LogP contribution < -0.4 is 4.74 Å². The Labute approximate surface area is 108 Å². The highest BCUT2D eigenvalue weighted by atomic mass is 16.7. The fraction of sp³-hybridized carbons (Fsp3) is 0.429. The number of hydrogen-bond acceptors (Lipinski definition) is 4. The van der Waals surface area contributed by atoms with Crippen LogP contribution in [0, 0.1) is 6.92 Å². The van der Waals surface area contributed by atoms with Gasteiger partial charge < -0.3 is 19.3 Å². The van der Waals surface area contributed by atoms with Crippen molar-refractivity contribution in [3.63, 3.8) is 0 Å². The van der Waals surface area contributed by atoms with Crippen molar-refractivity contribution in [3.8, 4) is 5.75 Å². The van der Waals surface area contributed by atoms with Crippen molar-refractivity contribution in [1.82, 2.24) is 0 Å². The Bertz CT molecular complexity index is 359. The molecule has 1 unspecified atom stereocenters. The van der Waals surface area contributed by atoms with Gasteiger partial charge in [-0.25, -0.2) is 0 Å². The van der Waals surface area contributed by atoms with E-state index in [1.807, 2.05) is 31.2 Å². The lowest BCUT2D eigenvalue weighted by molar-refractivity contribution is -0.0630. The van der Waals surface area contributed by atoms with Crippen LogP contribution in [0.15, 0.2) is 36.6 Å². The van der Waals surface area contributed by atoms with E-state index in [9.17, 15) is 5.11 Å². The number of benzene rings is 1. The van der Waals surface area contributed by atoms with Crippen molar-refractivity contribution in [3.05, 3.63) is 42.2 Å². The van der Waals surface area contributed by atoms with E-state index in [2.05, 4.69) is 6.58 Å². The summed E-state index contributed by atoms with van der Waals surface area (Å²) in [6.45, 7) is 7.76. The molecule has 0 aliphatic rings. The van der Waals surface area contributed by atoms with E-state index in [-0.39, 0.29) is 20.0 Å². The van der Waals surface area contributed by atoms with E-state index in [1.165, 1.54) is 5.56 Å². The van der Waals surface area contributed by atoms with Crippen LogP contribution in [0.1, 0.15) is 12.5 Å². The molecule has 0 aliphatic heterocycles. The van der Waals surface area contributed by atoms with Gasteiger partial charge in [-0.1, -0.05) is 24.3 Å². The first-order chi connectivity index (χ1) is 8.58. The summed E-state index contributed by atoms with van der Waals surface area (Å²) in [5.74, 6) is 1.32. The number of aliphatic hydroxyl groups is 1. The molecule has 100 valence electrons. The number of aryl methyl sites for hydroxylation is 1. The molecule has 1 aromatic rings. The zero-order chi connectivity index (χ0) is 13.4. The van der Waals surface area contributed by atoms with Crippen molar-refractivity contribution in [1.29, 1.82) is 0 Å². The lowest BCUT2D eigenvalue weighted by Gasteiger charge is -2.13. The quantitative estimate of drug-likeness (QED) is 0.438. The second-order valence-electron chi connectivity index (χ2n) is 4.11. The lowest BCUT2D eigenvalue weighted by Crippen LogP contribution is -2.24. The molecule has 0 aromatic heterocycles. The zero-order valence-corrected chi connectivity index (χ0v) is 10.9. The summed E-state index contributed by atoms with van der Waals surface area (Å²) in [5, 5.41) is 9.60. The average Bonchev–Trinajstić information content (AvgIpc) is 2.34. The van der Waals surface area contributed by atoms with Crippen LogP contribution in [-0.2, 0) is 9.47 Å². The van der Waals surface area contributed by atoms with Gasteiger partial charge in [0.05, 0.1) is 12.4 Å². The maximum atomic E-state index is 9.60. The Balaban J connectivity index is 2.14. The average molecular weight is 252 g/mol. The summed E-state index contributed by atoms with van der Waals surface area (Å²) >= 11 is 0. The Morgan fingerprint density at radius 1 is 1.28 bits per heavy atom.